The number of hydrogen-bond acceptors (Lipinski definition) is 4. The number of anilines is 1. The zero-order valence-corrected chi connectivity index (χ0v) is 14.5. The Morgan fingerprint density at radius 3 is 2.38 bits per heavy atom. The van der Waals surface area contributed by atoms with E-state index in [9.17, 15) is 9.59 Å². The number of carbonyl (C=O) groups excluding carboxylic acids is 1. The van der Waals surface area contributed by atoms with Crippen LogP contribution in [0.4, 0.5) is 5.69 Å². The molecule has 6 nitrogen and oxygen atoms in total. The van der Waals surface area contributed by atoms with Crippen LogP contribution in [0, 0.1) is 0 Å². The third-order valence-electron chi connectivity index (χ3n) is 4.69. The molecule has 1 atom stereocenters. The molecule has 0 aromatic heterocycles. The maximum atomic E-state index is 12.0. The highest BCUT2D eigenvalue weighted by Crippen LogP contribution is 2.15. The van der Waals surface area contributed by atoms with Crippen LogP contribution in [0.15, 0.2) is 30.3 Å². The van der Waals surface area contributed by atoms with Gasteiger partial charge in [-0.05, 0) is 32.0 Å². The minimum Gasteiger partial charge on any atom is -0.480 e. The SMILES string of the molecule is C[C@H](C(=O)O)N(C)C(=O)CCCN1CCN(c2ccccc2)CC1. The first kappa shape index (κ1) is 18.3. The lowest BCUT2D eigenvalue weighted by molar-refractivity contribution is -0.148. The molecule has 1 fully saturated rings. The maximum Gasteiger partial charge on any atom is 0.326 e. The molecule has 1 aromatic carbocycles. The zero-order chi connectivity index (χ0) is 17.5. The number of para-hydroxylation sites is 1. The third kappa shape index (κ3) is 4.96. The summed E-state index contributed by atoms with van der Waals surface area (Å²) in [7, 11) is 1.56. The van der Waals surface area contributed by atoms with Gasteiger partial charge in [-0.15, -0.1) is 0 Å². The van der Waals surface area contributed by atoms with E-state index < -0.39 is 12.0 Å². The van der Waals surface area contributed by atoms with Gasteiger partial charge in [-0.3, -0.25) is 9.69 Å². The third-order valence-corrected chi connectivity index (χ3v) is 4.69. The van der Waals surface area contributed by atoms with Crippen LogP contribution in [0.3, 0.4) is 0 Å². The number of carboxylic acid groups (broad SMARTS) is 1. The van der Waals surface area contributed by atoms with E-state index in [1.165, 1.54) is 17.5 Å². The van der Waals surface area contributed by atoms with E-state index in [-0.39, 0.29) is 5.91 Å². The molecule has 2 rings (SSSR count). The Morgan fingerprint density at radius 2 is 1.79 bits per heavy atom. The Balaban J connectivity index is 1.68. The molecule has 0 aliphatic carbocycles. The number of carboxylic acids is 1. The molecule has 0 bridgehead atoms. The number of nitrogens with zero attached hydrogens (tertiary/aromatic N) is 3. The van der Waals surface area contributed by atoms with E-state index in [0.29, 0.717) is 6.42 Å². The lowest BCUT2D eigenvalue weighted by atomic mass is 10.2. The first-order valence-corrected chi connectivity index (χ1v) is 8.50. The second kappa shape index (κ2) is 8.68. The van der Waals surface area contributed by atoms with Gasteiger partial charge < -0.3 is 14.9 Å². The normalized spacial score (nSPS) is 16.7. The molecule has 132 valence electrons. The predicted octanol–water partition coefficient (Wildman–Crippen LogP) is 1.52. The Bertz CT molecular complexity index is 542. The lowest BCUT2D eigenvalue weighted by Gasteiger charge is -2.36. The van der Waals surface area contributed by atoms with Crippen molar-refractivity contribution in [2.24, 2.45) is 0 Å². The fourth-order valence-corrected chi connectivity index (χ4v) is 2.88. The summed E-state index contributed by atoms with van der Waals surface area (Å²) in [4.78, 5) is 29.0. The topological polar surface area (TPSA) is 64.1 Å². The van der Waals surface area contributed by atoms with Gasteiger partial charge in [0.1, 0.15) is 6.04 Å². The van der Waals surface area contributed by atoms with Gasteiger partial charge in [0, 0.05) is 45.3 Å². The fourth-order valence-electron chi connectivity index (χ4n) is 2.88. The van der Waals surface area contributed by atoms with Crippen molar-refractivity contribution < 1.29 is 14.7 Å². The summed E-state index contributed by atoms with van der Waals surface area (Å²) in [5, 5.41) is 8.94. The van der Waals surface area contributed by atoms with E-state index >= 15 is 0 Å². The molecule has 1 amide bonds. The van der Waals surface area contributed by atoms with Crippen LogP contribution < -0.4 is 4.90 Å². The van der Waals surface area contributed by atoms with Crippen molar-refractivity contribution in [1.29, 1.82) is 0 Å². The van der Waals surface area contributed by atoms with Crippen molar-refractivity contribution in [3.63, 3.8) is 0 Å². The number of rotatable bonds is 7. The number of amides is 1. The van der Waals surface area contributed by atoms with Gasteiger partial charge in [-0.2, -0.15) is 0 Å². The maximum absolute atomic E-state index is 12.0. The van der Waals surface area contributed by atoms with Gasteiger partial charge in [0.05, 0.1) is 0 Å². The van der Waals surface area contributed by atoms with Gasteiger partial charge in [0.25, 0.3) is 0 Å². The molecular formula is C18H27N3O3. The average molecular weight is 333 g/mol. The second-order valence-electron chi connectivity index (χ2n) is 6.29. The summed E-state index contributed by atoms with van der Waals surface area (Å²) in [6, 6.07) is 9.64. The Hall–Kier alpha value is -2.08. The van der Waals surface area contributed by atoms with Crippen molar-refractivity contribution >= 4 is 17.6 Å². The standard InChI is InChI=1S/C18H27N3O3/c1-15(18(23)24)19(2)17(22)9-6-10-20-11-13-21(14-12-20)16-7-4-3-5-8-16/h3-5,7-8,15H,6,9-14H2,1-2H3,(H,23,24)/t15-/m1/s1. The molecule has 6 heteroatoms. The number of hydrogen-bond donors (Lipinski definition) is 1. The summed E-state index contributed by atoms with van der Waals surface area (Å²) < 4.78 is 0. The fraction of sp³-hybridized carbons (Fsp3) is 0.556. The Morgan fingerprint density at radius 1 is 1.17 bits per heavy atom. The van der Waals surface area contributed by atoms with Crippen molar-refractivity contribution in [3.05, 3.63) is 30.3 Å². The van der Waals surface area contributed by atoms with Crippen molar-refractivity contribution in [2.45, 2.75) is 25.8 Å². The zero-order valence-electron chi connectivity index (χ0n) is 14.5. The van der Waals surface area contributed by atoms with Crippen LogP contribution in [0.5, 0.6) is 0 Å². The molecule has 0 spiro atoms. The Labute approximate surface area is 143 Å². The molecule has 0 saturated carbocycles. The summed E-state index contributed by atoms with van der Waals surface area (Å²) in [6.07, 6.45) is 1.16. The molecule has 1 N–H and O–H groups in total. The Kier molecular flexibility index (Phi) is 6.61. The van der Waals surface area contributed by atoms with Gasteiger partial charge in [0.15, 0.2) is 0 Å². The molecule has 1 aromatic rings. The van der Waals surface area contributed by atoms with E-state index in [1.807, 2.05) is 6.07 Å². The minimum absolute atomic E-state index is 0.104. The highest BCUT2D eigenvalue weighted by atomic mass is 16.4. The molecule has 24 heavy (non-hydrogen) atoms. The molecule has 1 saturated heterocycles. The molecule has 1 aliphatic heterocycles. The van der Waals surface area contributed by atoms with Gasteiger partial charge in [-0.25, -0.2) is 4.79 Å². The van der Waals surface area contributed by atoms with Gasteiger partial charge >= 0.3 is 5.97 Å². The monoisotopic (exact) mass is 333 g/mol. The van der Waals surface area contributed by atoms with Crippen molar-refractivity contribution in [1.82, 2.24) is 9.80 Å². The van der Waals surface area contributed by atoms with Crippen LogP contribution in [-0.4, -0.2) is 72.6 Å². The van der Waals surface area contributed by atoms with Gasteiger partial charge in [0.2, 0.25) is 5.91 Å². The van der Waals surface area contributed by atoms with E-state index in [1.54, 1.807) is 7.05 Å². The van der Waals surface area contributed by atoms with Crippen LogP contribution in [-0.2, 0) is 9.59 Å². The van der Waals surface area contributed by atoms with E-state index in [2.05, 4.69) is 34.1 Å². The quantitative estimate of drug-likeness (QED) is 0.820. The largest absolute Gasteiger partial charge is 0.480 e. The number of aliphatic carboxylic acids is 1. The number of benzene rings is 1. The lowest BCUT2D eigenvalue weighted by Crippen LogP contribution is -2.47. The molecule has 1 aliphatic rings. The second-order valence-corrected chi connectivity index (χ2v) is 6.29. The van der Waals surface area contributed by atoms with Crippen LogP contribution in [0.2, 0.25) is 0 Å². The number of likely N-dealkylation sites (N-methyl/N-ethyl adjacent to an activating group) is 1. The van der Waals surface area contributed by atoms with Gasteiger partial charge in [-0.1, -0.05) is 18.2 Å². The van der Waals surface area contributed by atoms with Crippen LogP contribution in [0.1, 0.15) is 19.8 Å². The predicted molar refractivity (Wildman–Crippen MR) is 94.2 cm³/mol. The van der Waals surface area contributed by atoms with E-state index in [4.69, 9.17) is 5.11 Å². The average Bonchev–Trinajstić information content (AvgIpc) is 2.61. The minimum atomic E-state index is -0.970. The van der Waals surface area contributed by atoms with Crippen LogP contribution in [0.25, 0.3) is 0 Å². The summed E-state index contributed by atoms with van der Waals surface area (Å²) in [5.41, 5.74) is 1.26. The summed E-state index contributed by atoms with van der Waals surface area (Å²) in [6.45, 7) is 6.38. The molecular weight excluding hydrogens is 306 g/mol. The molecule has 0 radical (unpaired) electrons. The first-order chi connectivity index (χ1) is 11.5. The smallest absolute Gasteiger partial charge is 0.326 e. The highest BCUT2D eigenvalue weighted by Gasteiger charge is 2.22. The summed E-state index contributed by atoms with van der Waals surface area (Å²) in [5.74, 6) is -1.07. The van der Waals surface area contributed by atoms with Crippen molar-refractivity contribution in [2.75, 3.05) is 44.7 Å². The molecule has 0 unspecified atom stereocenters. The van der Waals surface area contributed by atoms with E-state index in [0.717, 1.165) is 39.1 Å². The summed E-state index contributed by atoms with van der Waals surface area (Å²) >= 11 is 0. The first-order valence-electron chi connectivity index (χ1n) is 8.50. The number of piperazine rings is 1. The van der Waals surface area contributed by atoms with Crippen LogP contribution >= 0.6 is 0 Å². The number of carbonyl (C=O) groups is 2. The molecule has 1 heterocycles. The highest BCUT2D eigenvalue weighted by molar-refractivity contribution is 5.83. The van der Waals surface area contributed by atoms with Crippen molar-refractivity contribution in [3.8, 4) is 0 Å².